The summed E-state index contributed by atoms with van der Waals surface area (Å²) >= 11 is 0. The number of piperazine rings is 1. The van der Waals surface area contributed by atoms with Gasteiger partial charge in [-0.15, -0.1) is 0 Å². The standard InChI is InChI=1S/C15H25N5O2/c1-10(12-8-20(15(3,4)5)18-11(12)2)17-14(22)19-7-6-16-13(21)9-19/h8,10H,6-7,9H2,1-5H3,(H,16,21)(H,17,22)/t10-/m0/s1. The third-order valence-corrected chi connectivity index (χ3v) is 3.76. The maximum absolute atomic E-state index is 12.3. The van der Waals surface area contributed by atoms with E-state index in [1.165, 1.54) is 4.90 Å². The first-order chi connectivity index (χ1) is 10.2. The molecule has 2 heterocycles. The Bertz CT molecular complexity index is 573. The predicted molar refractivity (Wildman–Crippen MR) is 83.5 cm³/mol. The van der Waals surface area contributed by atoms with Gasteiger partial charge in [-0.25, -0.2) is 4.79 Å². The SMILES string of the molecule is Cc1nn(C(C)(C)C)cc1[C@H](C)NC(=O)N1CCNC(=O)C1. The van der Waals surface area contributed by atoms with E-state index in [2.05, 4.69) is 36.5 Å². The van der Waals surface area contributed by atoms with Crippen molar-refractivity contribution in [2.45, 2.75) is 46.2 Å². The third-order valence-electron chi connectivity index (χ3n) is 3.76. The number of nitrogens with zero attached hydrogens (tertiary/aromatic N) is 3. The van der Waals surface area contributed by atoms with Crippen molar-refractivity contribution in [3.63, 3.8) is 0 Å². The van der Waals surface area contributed by atoms with Gasteiger partial charge in [0.25, 0.3) is 0 Å². The molecule has 122 valence electrons. The Labute approximate surface area is 131 Å². The summed E-state index contributed by atoms with van der Waals surface area (Å²) in [5.74, 6) is -0.120. The molecule has 2 rings (SSSR count). The number of aryl methyl sites for hydroxylation is 1. The summed E-state index contributed by atoms with van der Waals surface area (Å²) in [4.78, 5) is 25.1. The highest BCUT2D eigenvalue weighted by molar-refractivity contribution is 5.85. The molecule has 1 aliphatic heterocycles. The minimum atomic E-state index is -0.217. The van der Waals surface area contributed by atoms with Crippen LogP contribution in [0.15, 0.2) is 6.20 Å². The normalized spacial score (nSPS) is 17.1. The summed E-state index contributed by atoms with van der Waals surface area (Å²) < 4.78 is 1.91. The number of nitrogens with one attached hydrogen (secondary N) is 2. The van der Waals surface area contributed by atoms with Crippen LogP contribution in [-0.4, -0.2) is 46.3 Å². The molecule has 7 heteroatoms. The fourth-order valence-electron chi connectivity index (χ4n) is 2.41. The summed E-state index contributed by atoms with van der Waals surface area (Å²) in [6, 6.07) is -0.376. The van der Waals surface area contributed by atoms with Crippen molar-refractivity contribution >= 4 is 11.9 Å². The van der Waals surface area contributed by atoms with Gasteiger partial charge >= 0.3 is 6.03 Å². The Morgan fingerprint density at radius 1 is 1.45 bits per heavy atom. The lowest BCUT2D eigenvalue weighted by molar-refractivity contribution is -0.123. The summed E-state index contributed by atoms with van der Waals surface area (Å²) in [5.41, 5.74) is 1.79. The predicted octanol–water partition coefficient (Wildman–Crippen LogP) is 1.15. The van der Waals surface area contributed by atoms with E-state index in [-0.39, 0.29) is 30.1 Å². The molecule has 0 aliphatic carbocycles. The van der Waals surface area contributed by atoms with E-state index in [0.717, 1.165) is 11.3 Å². The number of hydrogen-bond acceptors (Lipinski definition) is 3. The summed E-state index contributed by atoms with van der Waals surface area (Å²) in [6.45, 7) is 11.3. The summed E-state index contributed by atoms with van der Waals surface area (Å²) in [5, 5.41) is 10.2. The maximum atomic E-state index is 12.3. The van der Waals surface area contributed by atoms with E-state index < -0.39 is 0 Å². The highest BCUT2D eigenvalue weighted by atomic mass is 16.2. The number of carbonyl (C=O) groups is 2. The zero-order valence-electron chi connectivity index (χ0n) is 13.9. The van der Waals surface area contributed by atoms with Crippen LogP contribution in [-0.2, 0) is 10.3 Å². The van der Waals surface area contributed by atoms with Crippen LogP contribution in [0.1, 0.15) is 45.0 Å². The molecule has 3 amide bonds. The summed E-state index contributed by atoms with van der Waals surface area (Å²) in [7, 11) is 0. The quantitative estimate of drug-likeness (QED) is 0.860. The second kappa shape index (κ2) is 5.98. The molecule has 1 fully saturated rings. The lowest BCUT2D eigenvalue weighted by Gasteiger charge is -2.28. The van der Waals surface area contributed by atoms with Gasteiger partial charge in [-0.2, -0.15) is 5.10 Å². The number of carbonyl (C=O) groups excluding carboxylic acids is 2. The summed E-state index contributed by atoms with van der Waals surface area (Å²) in [6.07, 6.45) is 1.98. The molecule has 1 aromatic heterocycles. The van der Waals surface area contributed by atoms with Gasteiger partial charge in [-0.05, 0) is 34.6 Å². The van der Waals surface area contributed by atoms with Crippen molar-refractivity contribution in [3.05, 3.63) is 17.5 Å². The van der Waals surface area contributed by atoms with Crippen LogP contribution in [0.4, 0.5) is 4.79 Å². The Balaban J connectivity index is 2.05. The second-order valence-corrected chi connectivity index (χ2v) is 6.73. The minimum Gasteiger partial charge on any atom is -0.353 e. The molecular weight excluding hydrogens is 282 g/mol. The van der Waals surface area contributed by atoms with Gasteiger partial charge in [0.2, 0.25) is 5.91 Å². The van der Waals surface area contributed by atoms with Crippen LogP contribution >= 0.6 is 0 Å². The lowest BCUT2D eigenvalue weighted by atomic mass is 10.1. The zero-order chi connectivity index (χ0) is 16.5. The topological polar surface area (TPSA) is 79.3 Å². The van der Waals surface area contributed by atoms with Gasteiger partial charge in [0, 0.05) is 24.8 Å². The van der Waals surface area contributed by atoms with Crippen molar-refractivity contribution in [1.82, 2.24) is 25.3 Å². The van der Waals surface area contributed by atoms with Gasteiger partial charge in [0.05, 0.1) is 17.3 Å². The third kappa shape index (κ3) is 3.58. The maximum Gasteiger partial charge on any atom is 0.318 e. The number of amides is 3. The molecule has 1 saturated heterocycles. The molecule has 0 spiro atoms. The number of hydrogen-bond donors (Lipinski definition) is 2. The molecule has 0 radical (unpaired) electrons. The van der Waals surface area contributed by atoms with Crippen molar-refractivity contribution in [1.29, 1.82) is 0 Å². The molecule has 1 aromatic rings. The Hall–Kier alpha value is -2.05. The molecule has 0 bridgehead atoms. The molecule has 1 atom stereocenters. The first kappa shape index (κ1) is 16.3. The highest BCUT2D eigenvalue weighted by Gasteiger charge is 2.24. The number of rotatable bonds is 2. The van der Waals surface area contributed by atoms with Crippen LogP contribution in [0.3, 0.4) is 0 Å². The monoisotopic (exact) mass is 307 g/mol. The smallest absolute Gasteiger partial charge is 0.318 e. The largest absolute Gasteiger partial charge is 0.353 e. The van der Waals surface area contributed by atoms with E-state index >= 15 is 0 Å². The van der Waals surface area contributed by atoms with Crippen LogP contribution < -0.4 is 10.6 Å². The number of urea groups is 1. The average Bonchev–Trinajstić information content (AvgIpc) is 2.81. The molecule has 7 nitrogen and oxygen atoms in total. The van der Waals surface area contributed by atoms with Crippen LogP contribution in [0.2, 0.25) is 0 Å². The minimum absolute atomic E-state index is 0.0995. The van der Waals surface area contributed by atoms with E-state index in [4.69, 9.17) is 0 Å². The molecule has 22 heavy (non-hydrogen) atoms. The first-order valence-corrected chi connectivity index (χ1v) is 7.57. The molecule has 0 unspecified atom stereocenters. The number of aromatic nitrogens is 2. The fraction of sp³-hybridized carbons (Fsp3) is 0.667. The average molecular weight is 307 g/mol. The molecule has 1 aliphatic rings. The molecule has 0 saturated carbocycles. The van der Waals surface area contributed by atoms with Crippen molar-refractivity contribution in [2.24, 2.45) is 0 Å². The van der Waals surface area contributed by atoms with Crippen molar-refractivity contribution in [2.75, 3.05) is 19.6 Å². The van der Waals surface area contributed by atoms with Crippen molar-refractivity contribution < 1.29 is 9.59 Å². The second-order valence-electron chi connectivity index (χ2n) is 6.73. The Morgan fingerprint density at radius 3 is 2.68 bits per heavy atom. The van der Waals surface area contributed by atoms with Crippen LogP contribution in [0, 0.1) is 6.92 Å². The molecular formula is C15H25N5O2. The Kier molecular flexibility index (Phi) is 4.44. The van der Waals surface area contributed by atoms with Gasteiger partial charge in [-0.1, -0.05) is 0 Å². The fourth-order valence-corrected chi connectivity index (χ4v) is 2.41. The van der Waals surface area contributed by atoms with Crippen LogP contribution in [0.25, 0.3) is 0 Å². The molecule has 0 aromatic carbocycles. The van der Waals surface area contributed by atoms with Crippen LogP contribution in [0.5, 0.6) is 0 Å². The van der Waals surface area contributed by atoms with E-state index in [1.807, 2.05) is 24.7 Å². The van der Waals surface area contributed by atoms with Crippen molar-refractivity contribution in [3.8, 4) is 0 Å². The van der Waals surface area contributed by atoms with Gasteiger partial charge in [-0.3, -0.25) is 9.48 Å². The lowest BCUT2D eigenvalue weighted by Crippen LogP contribution is -2.53. The van der Waals surface area contributed by atoms with Gasteiger partial charge in [0.15, 0.2) is 0 Å². The Morgan fingerprint density at radius 2 is 2.14 bits per heavy atom. The molecule has 2 N–H and O–H groups in total. The highest BCUT2D eigenvalue weighted by Crippen LogP contribution is 2.21. The van der Waals surface area contributed by atoms with E-state index in [1.54, 1.807) is 0 Å². The first-order valence-electron chi connectivity index (χ1n) is 7.57. The van der Waals surface area contributed by atoms with Gasteiger partial charge < -0.3 is 15.5 Å². The zero-order valence-corrected chi connectivity index (χ0v) is 13.9. The van der Waals surface area contributed by atoms with E-state index in [9.17, 15) is 9.59 Å². The van der Waals surface area contributed by atoms with E-state index in [0.29, 0.717) is 13.1 Å². The van der Waals surface area contributed by atoms with Gasteiger partial charge in [0.1, 0.15) is 6.54 Å².